The zero-order chi connectivity index (χ0) is 22.7. The number of nitrogens with zero attached hydrogens (tertiary/aromatic N) is 2. The molecule has 0 aliphatic heterocycles. The lowest BCUT2D eigenvalue weighted by Crippen LogP contribution is -2.34. The van der Waals surface area contributed by atoms with Crippen LogP contribution in [0.2, 0.25) is 0 Å². The number of esters is 1. The number of amides is 1. The molecule has 0 radical (unpaired) electrons. The van der Waals surface area contributed by atoms with Gasteiger partial charge in [0, 0.05) is 24.2 Å². The van der Waals surface area contributed by atoms with E-state index in [-0.39, 0.29) is 11.7 Å². The number of ether oxygens (including phenoxy) is 1. The van der Waals surface area contributed by atoms with Gasteiger partial charge in [-0.05, 0) is 43.5 Å². The van der Waals surface area contributed by atoms with E-state index in [0.29, 0.717) is 30.5 Å². The zero-order valence-corrected chi connectivity index (χ0v) is 18.4. The van der Waals surface area contributed by atoms with Gasteiger partial charge in [-0.3, -0.25) is 19.7 Å². The Balaban J connectivity index is 1.40. The molecule has 0 saturated heterocycles. The molecule has 1 fully saturated rings. The smallest absolute Gasteiger partial charge is 0.313 e. The Morgan fingerprint density at radius 2 is 1.97 bits per heavy atom. The van der Waals surface area contributed by atoms with E-state index in [1.807, 2.05) is 24.3 Å². The maximum atomic E-state index is 13.0. The molecule has 9 heteroatoms. The number of thiazole rings is 1. The van der Waals surface area contributed by atoms with Gasteiger partial charge in [-0.15, -0.1) is 11.3 Å². The lowest BCUT2D eigenvalue weighted by Gasteiger charge is -2.25. The first kappa shape index (κ1) is 21.9. The number of nitro groups is 1. The van der Waals surface area contributed by atoms with Crippen LogP contribution in [0.25, 0.3) is 10.2 Å². The number of aryl methyl sites for hydroxylation is 1. The molecule has 32 heavy (non-hydrogen) atoms. The highest BCUT2D eigenvalue weighted by atomic mass is 32.1. The molecule has 1 saturated carbocycles. The van der Waals surface area contributed by atoms with E-state index in [1.165, 1.54) is 18.2 Å². The Hall–Kier alpha value is -3.33. The average molecular weight is 454 g/mol. The number of benzene rings is 2. The van der Waals surface area contributed by atoms with Crippen LogP contribution in [-0.4, -0.2) is 28.4 Å². The number of carbonyl (C=O) groups is 2. The predicted molar refractivity (Wildman–Crippen MR) is 122 cm³/mol. The molecule has 0 atom stereocenters. The molecule has 0 spiro atoms. The van der Waals surface area contributed by atoms with Crippen LogP contribution in [0, 0.1) is 22.5 Å². The van der Waals surface area contributed by atoms with Crippen molar-refractivity contribution in [2.24, 2.45) is 5.41 Å². The van der Waals surface area contributed by atoms with Gasteiger partial charge < -0.3 is 10.1 Å². The number of aromatic nitrogens is 1. The fourth-order valence-electron chi connectivity index (χ4n) is 4.16. The summed E-state index contributed by atoms with van der Waals surface area (Å²) in [5.74, 6) is -0.853. The molecule has 1 N–H and O–H groups in total. The van der Waals surface area contributed by atoms with Crippen molar-refractivity contribution >= 4 is 44.8 Å². The van der Waals surface area contributed by atoms with Gasteiger partial charge >= 0.3 is 5.97 Å². The second-order valence-electron chi connectivity index (χ2n) is 8.12. The minimum Gasteiger partial charge on any atom is -0.455 e. The Labute approximate surface area is 188 Å². The van der Waals surface area contributed by atoms with Crippen LogP contribution in [0.15, 0.2) is 42.5 Å². The molecular formula is C23H23N3O5S. The second kappa shape index (κ2) is 9.04. The molecule has 0 unspecified atom stereocenters. The molecule has 2 aromatic carbocycles. The maximum Gasteiger partial charge on any atom is 0.313 e. The van der Waals surface area contributed by atoms with Crippen molar-refractivity contribution in [2.45, 2.75) is 39.0 Å². The first-order chi connectivity index (χ1) is 15.4. The van der Waals surface area contributed by atoms with Crippen LogP contribution in [-0.2, 0) is 20.7 Å². The molecule has 1 aliphatic rings. The van der Waals surface area contributed by atoms with E-state index in [2.05, 4.69) is 10.3 Å². The second-order valence-corrected chi connectivity index (χ2v) is 9.24. The minimum absolute atomic E-state index is 0.0510. The van der Waals surface area contributed by atoms with Gasteiger partial charge in [-0.2, -0.15) is 0 Å². The van der Waals surface area contributed by atoms with Crippen molar-refractivity contribution in [3.05, 3.63) is 63.1 Å². The third-order valence-corrected chi connectivity index (χ3v) is 6.89. The molecule has 166 valence electrons. The van der Waals surface area contributed by atoms with Crippen LogP contribution in [0.3, 0.4) is 0 Å². The van der Waals surface area contributed by atoms with Crippen LogP contribution < -0.4 is 5.32 Å². The average Bonchev–Trinajstić information content (AvgIpc) is 3.40. The predicted octanol–water partition coefficient (Wildman–Crippen LogP) is 4.80. The summed E-state index contributed by atoms with van der Waals surface area (Å²) in [6.45, 7) is 1.26. The monoisotopic (exact) mass is 453 g/mol. The van der Waals surface area contributed by atoms with Gasteiger partial charge in [0.2, 0.25) is 0 Å². The summed E-state index contributed by atoms with van der Waals surface area (Å²) in [4.78, 5) is 40.4. The lowest BCUT2D eigenvalue weighted by atomic mass is 9.83. The molecule has 1 aromatic heterocycles. The number of fused-ring (bicyclic) bond motifs is 1. The highest BCUT2D eigenvalue weighted by molar-refractivity contribution is 7.18. The van der Waals surface area contributed by atoms with Gasteiger partial charge in [0.15, 0.2) is 6.61 Å². The molecule has 1 aliphatic carbocycles. The van der Waals surface area contributed by atoms with Gasteiger partial charge in [0.1, 0.15) is 0 Å². The van der Waals surface area contributed by atoms with Crippen LogP contribution in [0.4, 0.5) is 11.4 Å². The van der Waals surface area contributed by atoms with Gasteiger partial charge in [0.25, 0.3) is 11.6 Å². The summed E-state index contributed by atoms with van der Waals surface area (Å²) >= 11 is 1.58. The molecular weight excluding hydrogens is 430 g/mol. The molecule has 0 bridgehead atoms. The summed E-state index contributed by atoms with van der Waals surface area (Å²) in [6.07, 6.45) is 3.81. The van der Waals surface area contributed by atoms with E-state index >= 15 is 0 Å². The molecule has 8 nitrogen and oxygen atoms in total. The van der Waals surface area contributed by atoms with Crippen molar-refractivity contribution in [2.75, 3.05) is 11.9 Å². The number of hydrogen-bond donors (Lipinski definition) is 1. The number of nitro benzene ring substituents is 1. The lowest BCUT2D eigenvalue weighted by molar-refractivity contribution is -0.384. The van der Waals surface area contributed by atoms with Gasteiger partial charge in [-0.1, -0.05) is 25.0 Å². The summed E-state index contributed by atoms with van der Waals surface area (Å²) in [5.41, 5.74) is 1.22. The number of non-ortho nitro benzene ring substituents is 1. The number of carbonyl (C=O) groups excluding carboxylic acids is 2. The van der Waals surface area contributed by atoms with Gasteiger partial charge in [0.05, 0.1) is 25.6 Å². The minimum atomic E-state index is -0.655. The standard InChI is InChI=1S/C23H23N3O5S/c1-15-12-16(26(29)30)8-9-17(15)24-20(27)14-31-22(28)23(10-4-5-11-23)13-21-25-18-6-2-3-7-19(18)32-21/h2-3,6-9,12H,4-5,10-11,13-14H2,1H3,(H,24,27). The Bertz CT molecular complexity index is 1150. The number of anilines is 1. The SMILES string of the molecule is Cc1cc([N+](=O)[O-])ccc1NC(=O)COC(=O)C1(Cc2nc3ccccc3s2)CCCC1. The number of para-hydroxylation sites is 1. The largest absolute Gasteiger partial charge is 0.455 e. The van der Waals surface area contributed by atoms with E-state index in [9.17, 15) is 19.7 Å². The third kappa shape index (κ3) is 4.62. The van der Waals surface area contributed by atoms with Crippen molar-refractivity contribution < 1.29 is 19.2 Å². The fraction of sp³-hybridized carbons (Fsp3) is 0.348. The summed E-state index contributed by atoms with van der Waals surface area (Å²) in [7, 11) is 0. The molecule has 4 rings (SSSR count). The number of hydrogen-bond acceptors (Lipinski definition) is 7. The van der Waals surface area contributed by atoms with Crippen molar-refractivity contribution in [1.82, 2.24) is 4.98 Å². The normalized spacial score (nSPS) is 14.9. The van der Waals surface area contributed by atoms with Crippen molar-refractivity contribution in [3.63, 3.8) is 0 Å². The Kier molecular flexibility index (Phi) is 6.18. The zero-order valence-electron chi connectivity index (χ0n) is 17.6. The summed E-state index contributed by atoms with van der Waals surface area (Å²) < 4.78 is 6.51. The first-order valence-corrected chi connectivity index (χ1v) is 11.2. The van der Waals surface area contributed by atoms with E-state index in [1.54, 1.807) is 18.3 Å². The fourth-order valence-corrected chi connectivity index (χ4v) is 5.27. The van der Waals surface area contributed by atoms with Gasteiger partial charge in [-0.25, -0.2) is 4.98 Å². The highest BCUT2D eigenvalue weighted by Crippen LogP contribution is 2.43. The Morgan fingerprint density at radius 1 is 1.22 bits per heavy atom. The topological polar surface area (TPSA) is 111 Å². The number of nitrogens with one attached hydrogen (secondary N) is 1. The number of rotatable bonds is 7. The van der Waals surface area contributed by atoms with E-state index in [0.717, 1.165) is 28.1 Å². The van der Waals surface area contributed by atoms with Crippen molar-refractivity contribution in [3.8, 4) is 0 Å². The third-order valence-electron chi connectivity index (χ3n) is 5.85. The van der Waals surface area contributed by atoms with E-state index < -0.39 is 22.9 Å². The Morgan fingerprint density at radius 3 is 2.66 bits per heavy atom. The van der Waals surface area contributed by atoms with Crippen LogP contribution in [0.1, 0.15) is 36.3 Å². The van der Waals surface area contributed by atoms with E-state index in [4.69, 9.17) is 4.74 Å². The molecule has 1 amide bonds. The van der Waals surface area contributed by atoms with Crippen LogP contribution >= 0.6 is 11.3 Å². The summed E-state index contributed by atoms with van der Waals surface area (Å²) in [6, 6.07) is 12.1. The highest BCUT2D eigenvalue weighted by Gasteiger charge is 2.43. The summed E-state index contributed by atoms with van der Waals surface area (Å²) in [5, 5.41) is 14.4. The molecule has 1 heterocycles. The molecule has 3 aromatic rings. The quantitative estimate of drug-likeness (QED) is 0.312. The maximum absolute atomic E-state index is 13.0. The van der Waals surface area contributed by atoms with Crippen LogP contribution in [0.5, 0.6) is 0 Å². The first-order valence-electron chi connectivity index (χ1n) is 10.4. The van der Waals surface area contributed by atoms with Crippen molar-refractivity contribution in [1.29, 1.82) is 0 Å².